The Bertz CT molecular complexity index is 537. The molecule has 3 rings (SSSR count). The van der Waals surface area contributed by atoms with Crippen LogP contribution < -0.4 is 4.74 Å². The summed E-state index contributed by atoms with van der Waals surface area (Å²) >= 11 is 0. The van der Waals surface area contributed by atoms with Gasteiger partial charge in [0.2, 0.25) is 0 Å². The molecule has 0 amide bonds. The molecule has 1 aromatic rings. The van der Waals surface area contributed by atoms with Gasteiger partial charge in [-0.15, -0.1) is 0 Å². The number of aryl methyl sites for hydroxylation is 1. The van der Waals surface area contributed by atoms with Gasteiger partial charge in [-0.1, -0.05) is 0 Å². The van der Waals surface area contributed by atoms with E-state index in [1.165, 1.54) is 7.11 Å². The monoisotopic (exact) mass is 277 g/mol. The Kier molecular flexibility index (Phi) is 3.30. The summed E-state index contributed by atoms with van der Waals surface area (Å²) in [6.07, 6.45) is 0.893. The summed E-state index contributed by atoms with van der Waals surface area (Å²) in [7, 11) is 1.43. The van der Waals surface area contributed by atoms with E-state index in [4.69, 9.17) is 9.47 Å². The maximum absolute atomic E-state index is 11.4. The zero-order valence-corrected chi connectivity index (χ0v) is 11.8. The number of methoxy groups -OCH3 is 1. The molecular weight excluding hydrogens is 258 g/mol. The van der Waals surface area contributed by atoms with E-state index in [9.17, 15) is 9.90 Å². The van der Waals surface area contributed by atoms with E-state index in [1.54, 1.807) is 6.07 Å². The molecular formula is C15H19NO4. The van der Waals surface area contributed by atoms with Crippen molar-refractivity contribution in [2.45, 2.75) is 19.4 Å². The van der Waals surface area contributed by atoms with Crippen LogP contribution in [0.15, 0.2) is 12.1 Å². The Morgan fingerprint density at radius 1 is 1.45 bits per heavy atom. The molecule has 0 aromatic heterocycles. The van der Waals surface area contributed by atoms with Gasteiger partial charge in [0.15, 0.2) is 0 Å². The van der Waals surface area contributed by atoms with E-state index < -0.39 is 0 Å². The minimum atomic E-state index is -0.126. The topological polar surface area (TPSA) is 59.0 Å². The second kappa shape index (κ2) is 4.98. The van der Waals surface area contributed by atoms with Crippen LogP contribution in [0.25, 0.3) is 0 Å². The molecule has 5 heteroatoms. The Balaban J connectivity index is 1.65. The van der Waals surface area contributed by atoms with Crippen LogP contribution in [0.1, 0.15) is 11.1 Å². The molecule has 1 unspecified atom stereocenters. The molecule has 0 radical (unpaired) electrons. The fraction of sp³-hybridized carbons (Fsp3) is 0.533. The smallest absolute Gasteiger partial charge is 0.311 e. The van der Waals surface area contributed by atoms with Gasteiger partial charge in [-0.05, 0) is 30.5 Å². The van der Waals surface area contributed by atoms with Crippen LogP contribution >= 0.6 is 0 Å². The van der Waals surface area contributed by atoms with Crippen molar-refractivity contribution in [1.29, 1.82) is 0 Å². The second-order valence-corrected chi connectivity index (χ2v) is 5.59. The quantitative estimate of drug-likeness (QED) is 0.821. The molecule has 20 heavy (non-hydrogen) atoms. The van der Waals surface area contributed by atoms with Crippen molar-refractivity contribution in [3.8, 4) is 11.5 Å². The van der Waals surface area contributed by atoms with E-state index >= 15 is 0 Å². The van der Waals surface area contributed by atoms with Crippen LogP contribution in [0, 0.1) is 12.8 Å². The summed E-state index contributed by atoms with van der Waals surface area (Å²) in [5, 5.41) is 9.69. The maximum atomic E-state index is 11.4. The van der Waals surface area contributed by atoms with Gasteiger partial charge in [-0.25, -0.2) is 0 Å². The minimum Gasteiger partial charge on any atom is -0.508 e. The molecule has 2 aliphatic rings. The van der Waals surface area contributed by atoms with Crippen molar-refractivity contribution in [1.82, 2.24) is 4.90 Å². The third-order valence-electron chi connectivity index (χ3n) is 4.23. The number of esters is 1. The van der Waals surface area contributed by atoms with Gasteiger partial charge in [0, 0.05) is 25.2 Å². The van der Waals surface area contributed by atoms with E-state index in [2.05, 4.69) is 4.90 Å². The standard InChI is InChI=1S/C15H19NO4/c1-9-3-10-4-12(8-20-14(10)5-13(9)17)16-6-11(7-16)15(18)19-2/h3,5,11-12,17H,4,6-8H2,1-2H3. The van der Waals surface area contributed by atoms with Gasteiger partial charge in [0.1, 0.15) is 18.1 Å². The Hall–Kier alpha value is -1.75. The van der Waals surface area contributed by atoms with Crippen LogP contribution in [-0.4, -0.2) is 48.8 Å². The lowest BCUT2D eigenvalue weighted by Gasteiger charge is -2.44. The molecule has 1 atom stereocenters. The van der Waals surface area contributed by atoms with Gasteiger partial charge >= 0.3 is 5.97 Å². The van der Waals surface area contributed by atoms with Crippen molar-refractivity contribution >= 4 is 5.97 Å². The molecule has 1 N–H and O–H groups in total. The molecule has 108 valence electrons. The number of phenolic OH excluding ortho intramolecular Hbond substituents is 1. The van der Waals surface area contributed by atoms with Crippen molar-refractivity contribution in [2.75, 3.05) is 26.8 Å². The van der Waals surface area contributed by atoms with Gasteiger partial charge < -0.3 is 14.6 Å². The lowest BCUT2D eigenvalue weighted by atomic mass is 9.93. The number of aromatic hydroxyl groups is 1. The Labute approximate surface area is 118 Å². The molecule has 1 fully saturated rings. The predicted molar refractivity (Wildman–Crippen MR) is 72.9 cm³/mol. The highest BCUT2D eigenvalue weighted by molar-refractivity contribution is 5.73. The van der Waals surface area contributed by atoms with Crippen LogP contribution in [0.2, 0.25) is 0 Å². The number of fused-ring (bicyclic) bond motifs is 1. The van der Waals surface area contributed by atoms with Gasteiger partial charge in [0.25, 0.3) is 0 Å². The zero-order chi connectivity index (χ0) is 14.3. The average Bonchev–Trinajstić information content (AvgIpc) is 2.38. The lowest BCUT2D eigenvalue weighted by Crippen LogP contribution is -2.57. The number of benzene rings is 1. The number of likely N-dealkylation sites (tertiary alicyclic amines) is 1. The fourth-order valence-corrected chi connectivity index (χ4v) is 2.89. The molecule has 0 aliphatic carbocycles. The molecule has 5 nitrogen and oxygen atoms in total. The third-order valence-corrected chi connectivity index (χ3v) is 4.23. The number of phenols is 1. The highest BCUT2D eigenvalue weighted by Crippen LogP contribution is 2.34. The second-order valence-electron chi connectivity index (χ2n) is 5.59. The first-order chi connectivity index (χ1) is 9.58. The molecule has 0 saturated carbocycles. The number of rotatable bonds is 2. The number of nitrogens with zero attached hydrogens (tertiary/aromatic N) is 1. The van der Waals surface area contributed by atoms with Crippen LogP contribution in [0.4, 0.5) is 0 Å². The molecule has 0 spiro atoms. The summed E-state index contributed by atoms with van der Waals surface area (Å²) < 4.78 is 10.5. The summed E-state index contributed by atoms with van der Waals surface area (Å²) in [6.45, 7) is 3.97. The SMILES string of the molecule is COC(=O)C1CN(C2COc3cc(O)c(C)cc3C2)C1. The van der Waals surface area contributed by atoms with Gasteiger partial charge in [0.05, 0.1) is 13.0 Å². The van der Waals surface area contributed by atoms with Crippen molar-refractivity contribution < 1.29 is 19.4 Å². The van der Waals surface area contributed by atoms with Crippen molar-refractivity contribution in [3.05, 3.63) is 23.3 Å². The Morgan fingerprint density at radius 2 is 2.20 bits per heavy atom. The number of hydrogen-bond acceptors (Lipinski definition) is 5. The number of hydrogen-bond donors (Lipinski definition) is 1. The van der Waals surface area contributed by atoms with E-state index in [0.717, 1.165) is 36.4 Å². The molecule has 2 heterocycles. The maximum Gasteiger partial charge on any atom is 0.311 e. The first kappa shape index (κ1) is 13.2. The van der Waals surface area contributed by atoms with E-state index in [1.807, 2.05) is 13.0 Å². The molecule has 1 aromatic carbocycles. The van der Waals surface area contributed by atoms with Gasteiger partial charge in [-0.2, -0.15) is 0 Å². The largest absolute Gasteiger partial charge is 0.508 e. The van der Waals surface area contributed by atoms with E-state index in [-0.39, 0.29) is 17.6 Å². The van der Waals surface area contributed by atoms with Gasteiger partial charge in [-0.3, -0.25) is 9.69 Å². The summed E-state index contributed by atoms with van der Waals surface area (Å²) in [6, 6.07) is 3.97. The first-order valence-corrected chi connectivity index (χ1v) is 6.85. The highest BCUT2D eigenvalue weighted by atomic mass is 16.5. The normalized spacial score (nSPS) is 22.6. The number of carbonyl (C=O) groups is 1. The van der Waals surface area contributed by atoms with Crippen molar-refractivity contribution in [3.63, 3.8) is 0 Å². The third kappa shape index (κ3) is 2.22. The van der Waals surface area contributed by atoms with E-state index in [0.29, 0.717) is 12.6 Å². The Morgan fingerprint density at radius 3 is 2.90 bits per heavy atom. The minimum absolute atomic E-state index is 0.00273. The highest BCUT2D eigenvalue weighted by Gasteiger charge is 2.39. The number of carbonyl (C=O) groups excluding carboxylic acids is 1. The van der Waals surface area contributed by atoms with Crippen LogP contribution in [0.5, 0.6) is 11.5 Å². The molecule has 0 bridgehead atoms. The average molecular weight is 277 g/mol. The summed E-state index contributed by atoms with van der Waals surface area (Å²) in [4.78, 5) is 13.7. The first-order valence-electron chi connectivity index (χ1n) is 6.85. The zero-order valence-electron chi connectivity index (χ0n) is 11.8. The molecule has 2 aliphatic heterocycles. The predicted octanol–water partition coefficient (Wildman–Crippen LogP) is 1.11. The van der Waals surface area contributed by atoms with Crippen LogP contribution in [0.3, 0.4) is 0 Å². The summed E-state index contributed by atoms with van der Waals surface area (Å²) in [5.41, 5.74) is 1.99. The fourth-order valence-electron chi connectivity index (χ4n) is 2.89. The lowest BCUT2D eigenvalue weighted by molar-refractivity contribution is -0.153. The van der Waals surface area contributed by atoms with Crippen molar-refractivity contribution in [2.24, 2.45) is 5.92 Å². The summed E-state index contributed by atoms with van der Waals surface area (Å²) in [5.74, 6) is 0.924. The number of ether oxygens (including phenoxy) is 2. The van der Waals surface area contributed by atoms with Crippen LogP contribution in [-0.2, 0) is 16.0 Å². The molecule has 1 saturated heterocycles.